The van der Waals surface area contributed by atoms with Gasteiger partial charge in [-0.15, -0.1) is 0 Å². The Morgan fingerprint density at radius 2 is 2.10 bits per heavy atom. The number of rotatable bonds is 7. The fourth-order valence-electron chi connectivity index (χ4n) is 2.80. The van der Waals surface area contributed by atoms with Crippen LogP contribution >= 0.6 is 0 Å². The first-order chi connectivity index (χ1) is 9.95. The van der Waals surface area contributed by atoms with Crippen molar-refractivity contribution in [2.75, 3.05) is 31.1 Å². The Bertz CT molecular complexity index is 398. The lowest BCUT2D eigenvalue weighted by atomic mass is 9.76. The van der Waals surface area contributed by atoms with E-state index in [0.717, 1.165) is 6.42 Å². The van der Waals surface area contributed by atoms with E-state index in [9.17, 15) is 18.9 Å². The molecule has 1 fully saturated rings. The van der Waals surface area contributed by atoms with Crippen LogP contribution < -0.4 is 5.32 Å². The lowest BCUT2D eigenvalue weighted by molar-refractivity contribution is -0.152. The second kappa shape index (κ2) is 8.36. The van der Waals surface area contributed by atoms with Crippen molar-refractivity contribution in [2.45, 2.75) is 39.5 Å². The van der Waals surface area contributed by atoms with Gasteiger partial charge in [0.25, 0.3) is 0 Å². The minimum Gasteiger partial charge on any atom is -0.481 e. The summed E-state index contributed by atoms with van der Waals surface area (Å²) in [6, 6.07) is -0.246. The van der Waals surface area contributed by atoms with Gasteiger partial charge in [-0.2, -0.15) is 0 Å². The lowest BCUT2D eigenvalue weighted by Gasteiger charge is -2.39. The number of piperidine rings is 1. The zero-order valence-corrected chi connectivity index (χ0v) is 13.7. The highest BCUT2D eigenvalue weighted by molar-refractivity contribution is 7.84. The Balaban J connectivity index is 2.56. The van der Waals surface area contributed by atoms with E-state index >= 15 is 0 Å². The highest BCUT2D eigenvalue weighted by atomic mass is 32.2. The summed E-state index contributed by atoms with van der Waals surface area (Å²) < 4.78 is 11.3. The highest BCUT2D eigenvalue weighted by Gasteiger charge is 2.42. The summed E-state index contributed by atoms with van der Waals surface area (Å²) >= 11 is 0. The minimum atomic E-state index is -0.901. The topological polar surface area (TPSA) is 86.7 Å². The molecule has 1 saturated heterocycles. The molecule has 0 aromatic carbocycles. The number of nitrogens with one attached hydrogen (secondary N) is 1. The molecule has 2 atom stereocenters. The molecule has 0 saturated carbocycles. The van der Waals surface area contributed by atoms with Crippen LogP contribution in [0.5, 0.6) is 0 Å². The standard InChI is InChI=1S/C14H26N2O4S/c1-3-6-14(12(17)18)7-5-9-16(11-14)13(19)15-8-10-21(20)4-2/h3-11H2,1-2H3,(H,15,19)(H,17,18). The first-order valence-corrected chi connectivity index (χ1v) is 9.05. The Morgan fingerprint density at radius 3 is 2.67 bits per heavy atom. The van der Waals surface area contributed by atoms with Crippen LogP contribution in [0.25, 0.3) is 0 Å². The van der Waals surface area contributed by atoms with Crippen molar-refractivity contribution in [3.05, 3.63) is 0 Å². The van der Waals surface area contributed by atoms with E-state index in [2.05, 4.69) is 5.32 Å². The van der Waals surface area contributed by atoms with Crippen molar-refractivity contribution >= 4 is 22.8 Å². The van der Waals surface area contributed by atoms with Crippen LogP contribution in [0.4, 0.5) is 4.79 Å². The normalized spacial score (nSPS) is 23.6. The van der Waals surface area contributed by atoms with Crippen LogP contribution in [0.1, 0.15) is 39.5 Å². The Morgan fingerprint density at radius 1 is 1.38 bits per heavy atom. The summed E-state index contributed by atoms with van der Waals surface area (Å²) in [7, 11) is -0.901. The highest BCUT2D eigenvalue weighted by Crippen LogP contribution is 2.35. The van der Waals surface area contributed by atoms with Crippen molar-refractivity contribution in [1.29, 1.82) is 0 Å². The molecule has 2 N–H and O–H groups in total. The zero-order chi connectivity index (χ0) is 15.9. The molecule has 2 amide bonds. The number of carbonyl (C=O) groups is 2. The average Bonchev–Trinajstić information content (AvgIpc) is 2.47. The number of carboxylic acids is 1. The molecule has 21 heavy (non-hydrogen) atoms. The molecule has 0 aromatic rings. The van der Waals surface area contributed by atoms with E-state index in [4.69, 9.17) is 0 Å². The number of aliphatic carboxylic acids is 1. The molecule has 1 aliphatic heterocycles. The fraction of sp³-hybridized carbons (Fsp3) is 0.857. The van der Waals surface area contributed by atoms with Gasteiger partial charge in [-0.3, -0.25) is 9.00 Å². The van der Waals surface area contributed by atoms with E-state index in [1.54, 1.807) is 4.90 Å². The number of carbonyl (C=O) groups excluding carboxylic acids is 1. The maximum absolute atomic E-state index is 12.1. The fourth-order valence-corrected chi connectivity index (χ4v) is 3.42. The van der Waals surface area contributed by atoms with Gasteiger partial charge < -0.3 is 15.3 Å². The molecule has 122 valence electrons. The summed E-state index contributed by atoms with van der Waals surface area (Å²) in [5.74, 6) is 0.210. The van der Waals surface area contributed by atoms with Crippen LogP contribution in [0.2, 0.25) is 0 Å². The van der Waals surface area contributed by atoms with Crippen LogP contribution in [0.3, 0.4) is 0 Å². The maximum atomic E-state index is 12.1. The monoisotopic (exact) mass is 318 g/mol. The summed E-state index contributed by atoms with van der Waals surface area (Å²) in [5.41, 5.74) is -0.809. The van der Waals surface area contributed by atoms with E-state index in [0.29, 0.717) is 43.9 Å². The molecular formula is C14H26N2O4S. The molecule has 0 bridgehead atoms. The Kier molecular flexibility index (Phi) is 7.14. The summed E-state index contributed by atoms with van der Waals surface area (Å²) in [6.07, 6.45) is 2.71. The van der Waals surface area contributed by atoms with Gasteiger partial charge in [-0.05, 0) is 19.3 Å². The van der Waals surface area contributed by atoms with Crippen LogP contribution in [0, 0.1) is 5.41 Å². The molecular weight excluding hydrogens is 292 g/mol. The molecule has 1 heterocycles. The van der Waals surface area contributed by atoms with Crippen molar-refractivity contribution in [3.63, 3.8) is 0 Å². The van der Waals surface area contributed by atoms with Crippen molar-refractivity contribution in [3.8, 4) is 0 Å². The van der Waals surface area contributed by atoms with Gasteiger partial charge in [0.15, 0.2) is 0 Å². The third kappa shape index (κ3) is 4.98. The minimum absolute atomic E-state index is 0.246. The SMILES string of the molecule is CCCC1(C(=O)O)CCCN(C(=O)NCCS(=O)CC)C1. The average molecular weight is 318 g/mol. The number of urea groups is 1. The largest absolute Gasteiger partial charge is 0.481 e. The van der Waals surface area contributed by atoms with Gasteiger partial charge in [-0.25, -0.2) is 4.79 Å². The Hall–Kier alpha value is -1.11. The van der Waals surface area contributed by atoms with E-state index in [-0.39, 0.29) is 12.6 Å². The van der Waals surface area contributed by atoms with Crippen LogP contribution in [-0.2, 0) is 15.6 Å². The molecule has 6 nitrogen and oxygen atoms in total. The Labute approximate surface area is 128 Å². The predicted octanol–water partition coefficient (Wildman–Crippen LogP) is 1.43. The second-order valence-electron chi connectivity index (χ2n) is 5.53. The molecule has 0 aliphatic carbocycles. The van der Waals surface area contributed by atoms with Gasteiger partial charge in [-0.1, -0.05) is 20.3 Å². The lowest BCUT2D eigenvalue weighted by Crippen LogP contribution is -2.53. The molecule has 0 radical (unpaired) electrons. The molecule has 0 spiro atoms. The quantitative estimate of drug-likeness (QED) is 0.743. The first-order valence-electron chi connectivity index (χ1n) is 7.56. The van der Waals surface area contributed by atoms with Crippen molar-refractivity contribution < 1.29 is 18.9 Å². The van der Waals surface area contributed by atoms with Crippen LogP contribution in [0.15, 0.2) is 0 Å². The zero-order valence-electron chi connectivity index (χ0n) is 12.9. The number of nitrogens with zero attached hydrogens (tertiary/aromatic N) is 1. The number of amides is 2. The third-order valence-corrected chi connectivity index (χ3v) is 5.28. The number of hydrogen-bond donors (Lipinski definition) is 2. The first kappa shape index (κ1) is 17.9. The van der Waals surface area contributed by atoms with Crippen molar-refractivity contribution in [2.24, 2.45) is 5.41 Å². The van der Waals surface area contributed by atoms with Gasteiger partial charge in [0.1, 0.15) is 0 Å². The van der Waals surface area contributed by atoms with Gasteiger partial charge in [0.2, 0.25) is 0 Å². The van der Waals surface area contributed by atoms with Crippen molar-refractivity contribution in [1.82, 2.24) is 10.2 Å². The molecule has 2 unspecified atom stereocenters. The molecule has 1 aliphatic rings. The smallest absolute Gasteiger partial charge is 0.317 e. The summed E-state index contributed by atoms with van der Waals surface area (Å²) in [6.45, 7) is 5.02. The summed E-state index contributed by atoms with van der Waals surface area (Å²) in [4.78, 5) is 25.3. The maximum Gasteiger partial charge on any atom is 0.317 e. The van der Waals surface area contributed by atoms with Gasteiger partial charge >= 0.3 is 12.0 Å². The van der Waals surface area contributed by atoms with Gasteiger partial charge in [0, 0.05) is 41.9 Å². The molecule has 0 aromatic heterocycles. The number of hydrogen-bond acceptors (Lipinski definition) is 3. The predicted molar refractivity (Wildman–Crippen MR) is 82.7 cm³/mol. The number of carboxylic acid groups (broad SMARTS) is 1. The molecule has 7 heteroatoms. The van der Waals surface area contributed by atoms with E-state index in [1.165, 1.54) is 0 Å². The van der Waals surface area contributed by atoms with E-state index < -0.39 is 22.2 Å². The molecule has 1 rings (SSSR count). The summed E-state index contributed by atoms with van der Waals surface area (Å²) in [5, 5.41) is 12.2. The van der Waals surface area contributed by atoms with Crippen LogP contribution in [-0.4, -0.2) is 57.4 Å². The third-order valence-electron chi connectivity index (χ3n) is 3.97. The second-order valence-corrected chi connectivity index (χ2v) is 7.39. The van der Waals surface area contributed by atoms with Gasteiger partial charge in [0.05, 0.1) is 5.41 Å². The number of likely N-dealkylation sites (tertiary alicyclic amines) is 1. The van der Waals surface area contributed by atoms with E-state index in [1.807, 2.05) is 13.8 Å².